The van der Waals surface area contributed by atoms with E-state index in [4.69, 9.17) is 4.74 Å². The fourth-order valence-electron chi connectivity index (χ4n) is 4.30. The third-order valence-electron chi connectivity index (χ3n) is 6.14. The van der Waals surface area contributed by atoms with Crippen LogP contribution in [0.2, 0.25) is 0 Å². The van der Waals surface area contributed by atoms with Crippen molar-refractivity contribution in [1.29, 1.82) is 0 Å². The predicted octanol–water partition coefficient (Wildman–Crippen LogP) is 3.66. The minimum Gasteiger partial charge on any atom is -0.497 e. The van der Waals surface area contributed by atoms with Crippen LogP contribution in [0.15, 0.2) is 59.5 Å². The van der Waals surface area contributed by atoms with Crippen molar-refractivity contribution in [2.75, 3.05) is 37.6 Å². The highest BCUT2D eigenvalue weighted by molar-refractivity contribution is 7.92. The van der Waals surface area contributed by atoms with Crippen LogP contribution < -0.4 is 14.4 Å². The molecule has 1 aliphatic heterocycles. The molecule has 7 nitrogen and oxygen atoms in total. The zero-order valence-corrected chi connectivity index (χ0v) is 20.4. The van der Waals surface area contributed by atoms with Gasteiger partial charge in [0.25, 0.3) is 10.0 Å². The standard InChI is InChI=1S/C25H35N3O4S/c1-3-21-10-7-8-18-27(21)19-9-17-26-25(29)20-28(22-13-15-23(32-2)16-14-22)33(30,31)24-11-5-4-6-12-24/h4-6,11-16,21H,3,7-10,17-20H2,1-2H3,(H,26,29). The lowest BCUT2D eigenvalue weighted by Crippen LogP contribution is -2.43. The number of benzene rings is 2. The van der Waals surface area contributed by atoms with Crippen LogP contribution in [0.4, 0.5) is 5.69 Å². The van der Waals surface area contributed by atoms with E-state index in [0.29, 0.717) is 24.0 Å². The molecule has 1 heterocycles. The summed E-state index contributed by atoms with van der Waals surface area (Å²) in [5.41, 5.74) is 0.411. The van der Waals surface area contributed by atoms with Gasteiger partial charge in [0.05, 0.1) is 17.7 Å². The first kappa shape index (κ1) is 25.1. The molecule has 0 aromatic heterocycles. The molecule has 2 aromatic rings. The molecule has 0 saturated carbocycles. The van der Waals surface area contributed by atoms with Gasteiger partial charge in [0.15, 0.2) is 0 Å². The number of piperidine rings is 1. The summed E-state index contributed by atoms with van der Waals surface area (Å²) < 4.78 is 33.0. The largest absolute Gasteiger partial charge is 0.497 e. The van der Waals surface area contributed by atoms with Crippen molar-refractivity contribution in [3.8, 4) is 5.75 Å². The zero-order chi connectivity index (χ0) is 23.7. The highest BCUT2D eigenvalue weighted by Gasteiger charge is 2.27. The summed E-state index contributed by atoms with van der Waals surface area (Å²) in [6.07, 6.45) is 5.77. The molecule has 1 saturated heterocycles. The van der Waals surface area contributed by atoms with Gasteiger partial charge >= 0.3 is 0 Å². The van der Waals surface area contributed by atoms with E-state index in [9.17, 15) is 13.2 Å². The molecule has 33 heavy (non-hydrogen) atoms. The summed E-state index contributed by atoms with van der Waals surface area (Å²) in [5.74, 6) is 0.291. The van der Waals surface area contributed by atoms with Crippen molar-refractivity contribution in [2.24, 2.45) is 0 Å². The SMILES string of the molecule is CCC1CCCCN1CCCNC(=O)CN(c1ccc(OC)cc1)S(=O)(=O)c1ccccc1. The minimum absolute atomic E-state index is 0.143. The highest BCUT2D eigenvalue weighted by Crippen LogP contribution is 2.25. The maximum Gasteiger partial charge on any atom is 0.264 e. The van der Waals surface area contributed by atoms with Crippen LogP contribution in [0.3, 0.4) is 0 Å². The van der Waals surface area contributed by atoms with Crippen LogP contribution in [-0.4, -0.2) is 58.6 Å². The minimum atomic E-state index is -3.90. The summed E-state index contributed by atoms with van der Waals surface area (Å²) >= 11 is 0. The molecule has 0 bridgehead atoms. The number of carbonyl (C=O) groups excluding carboxylic acids is 1. The van der Waals surface area contributed by atoms with Gasteiger partial charge in [-0.25, -0.2) is 8.42 Å². The second-order valence-corrected chi connectivity index (χ2v) is 10.2. The summed E-state index contributed by atoms with van der Waals surface area (Å²) in [4.78, 5) is 15.4. The van der Waals surface area contributed by atoms with Crippen LogP contribution >= 0.6 is 0 Å². The van der Waals surface area contributed by atoms with Crippen molar-refractivity contribution < 1.29 is 17.9 Å². The Morgan fingerprint density at radius 3 is 2.52 bits per heavy atom. The van der Waals surface area contributed by atoms with Crippen molar-refractivity contribution in [1.82, 2.24) is 10.2 Å². The molecule has 8 heteroatoms. The van der Waals surface area contributed by atoms with E-state index >= 15 is 0 Å². The van der Waals surface area contributed by atoms with Crippen molar-refractivity contribution in [3.63, 3.8) is 0 Å². The van der Waals surface area contributed by atoms with E-state index in [1.165, 1.54) is 31.4 Å². The first-order valence-corrected chi connectivity index (χ1v) is 13.1. The fourth-order valence-corrected chi connectivity index (χ4v) is 5.74. The molecule has 180 valence electrons. The Balaban J connectivity index is 1.65. The fraction of sp³-hybridized carbons (Fsp3) is 0.480. The molecule has 1 fully saturated rings. The van der Waals surface area contributed by atoms with Crippen molar-refractivity contribution >= 4 is 21.6 Å². The number of amides is 1. The van der Waals surface area contributed by atoms with Gasteiger partial charge in [-0.05, 0) is 68.6 Å². The van der Waals surface area contributed by atoms with E-state index in [1.54, 1.807) is 49.6 Å². The maximum atomic E-state index is 13.3. The summed E-state index contributed by atoms with van der Waals surface area (Å²) in [7, 11) is -2.35. The van der Waals surface area contributed by atoms with Gasteiger partial charge in [0.1, 0.15) is 12.3 Å². The number of ether oxygens (including phenoxy) is 1. The zero-order valence-electron chi connectivity index (χ0n) is 19.6. The van der Waals surface area contributed by atoms with E-state index in [-0.39, 0.29) is 17.3 Å². The van der Waals surface area contributed by atoms with Gasteiger partial charge in [-0.3, -0.25) is 9.10 Å². The number of rotatable bonds is 11. The summed E-state index contributed by atoms with van der Waals surface area (Å²) in [6.45, 7) is 4.53. The molecule has 0 aliphatic carbocycles. The Bertz CT molecular complexity index is 980. The molecule has 3 rings (SSSR count). The average Bonchev–Trinajstić information content (AvgIpc) is 2.86. The van der Waals surface area contributed by atoms with Crippen LogP contribution in [-0.2, 0) is 14.8 Å². The first-order valence-electron chi connectivity index (χ1n) is 11.7. The summed E-state index contributed by atoms with van der Waals surface area (Å²) in [5, 5.41) is 2.91. The Morgan fingerprint density at radius 1 is 1.12 bits per heavy atom. The molecule has 1 amide bonds. The van der Waals surface area contributed by atoms with E-state index < -0.39 is 10.0 Å². The molecule has 1 atom stereocenters. The lowest BCUT2D eigenvalue weighted by atomic mass is 10.00. The Hall–Kier alpha value is -2.58. The third kappa shape index (κ3) is 6.71. The molecule has 0 spiro atoms. The average molecular weight is 474 g/mol. The number of carbonyl (C=O) groups is 1. The second kappa shape index (κ2) is 12.0. The van der Waals surface area contributed by atoms with Crippen molar-refractivity contribution in [3.05, 3.63) is 54.6 Å². The second-order valence-electron chi connectivity index (χ2n) is 8.32. The van der Waals surface area contributed by atoms with Gasteiger partial charge < -0.3 is 15.0 Å². The smallest absolute Gasteiger partial charge is 0.264 e. The number of methoxy groups -OCH3 is 1. The van der Waals surface area contributed by atoms with Gasteiger partial charge in [0.2, 0.25) is 5.91 Å². The molecule has 1 N–H and O–H groups in total. The predicted molar refractivity (Wildman–Crippen MR) is 131 cm³/mol. The Kier molecular flexibility index (Phi) is 9.14. The van der Waals surface area contributed by atoms with Gasteiger partial charge in [-0.15, -0.1) is 0 Å². The van der Waals surface area contributed by atoms with Gasteiger partial charge in [-0.1, -0.05) is 31.5 Å². The van der Waals surface area contributed by atoms with Crippen LogP contribution in [0.1, 0.15) is 39.0 Å². The Morgan fingerprint density at radius 2 is 1.85 bits per heavy atom. The number of hydrogen-bond acceptors (Lipinski definition) is 5. The van der Waals surface area contributed by atoms with E-state index in [2.05, 4.69) is 17.1 Å². The first-order chi connectivity index (χ1) is 16.0. The molecule has 2 aromatic carbocycles. The summed E-state index contributed by atoms with van der Waals surface area (Å²) in [6, 6.07) is 15.5. The third-order valence-corrected chi connectivity index (χ3v) is 7.93. The molecule has 1 unspecified atom stereocenters. The Labute approximate surface area is 197 Å². The topological polar surface area (TPSA) is 79.0 Å². The molecular weight excluding hydrogens is 438 g/mol. The number of anilines is 1. The van der Waals surface area contributed by atoms with E-state index in [0.717, 1.165) is 30.2 Å². The van der Waals surface area contributed by atoms with Crippen molar-refractivity contribution in [2.45, 2.75) is 50.0 Å². The molecular formula is C25H35N3O4S. The normalized spacial score (nSPS) is 16.8. The molecule has 0 radical (unpaired) electrons. The lowest BCUT2D eigenvalue weighted by molar-refractivity contribution is -0.119. The van der Waals surface area contributed by atoms with Gasteiger partial charge in [-0.2, -0.15) is 0 Å². The maximum absolute atomic E-state index is 13.3. The highest BCUT2D eigenvalue weighted by atomic mass is 32.2. The quantitative estimate of drug-likeness (QED) is 0.504. The monoisotopic (exact) mass is 473 g/mol. The number of hydrogen-bond donors (Lipinski definition) is 1. The lowest BCUT2D eigenvalue weighted by Gasteiger charge is -2.35. The number of nitrogens with zero attached hydrogens (tertiary/aromatic N) is 2. The van der Waals surface area contributed by atoms with Crippen LogP contribution in [0, 0.1) is 0 Å². The number of nitrogens with one attached hydrogen (secondary N) is 1. The van der Waals surface area contributed by atoms with Gasteiger partial charge in [0, 0.05) is 19.1 Å². The van der Waals surface area contributed by atoms with Crippen LogP contribution in [0.5, 0.6) is 5.75 Å². The molecule has 1 aliphatic rings. The number of sulfonamides is 1. The number of likely N-dealkylation sites (tertiary alicyclic amines) is 1. The van der Waals surface area contributed by atoms with Crippen LogP contribution in [0.25, 0.3) is 0 Å². The van der Waals surface area contributed by atoms with E-state index in [1.807, 2.05) is 0 Å².